The van der Waals surface area contributed by atoms with Gasteiger partial charge in [0.2, 0.25) is 0 Å². The largest absolute Gasteiger partial charge is 0.463 e. The molecule has 0 bridgehead atoms. The minimum Gasteiger partial charge on any atom is -0.463 e. The van der Waals surface area contributed by atoms with Crippen LogP contribution in [0.15, 0.2) is 30.3 Å². The summed E-state index contributed by atoms with van der Waals surface area (Å²) in [7, 11) is 0. The van der Waals surface area contributed by atoms with Gasteiger partial charge >= 0.3 is 5.97 Å². The van der Waals surface area contributed by atoms with Gasteiger partial charge in [0.25, 0.3) is 0 Å². The molecule has 1 fully saturated rings. The van der Waals surface area contributed by atoms with Gasteiger partial charge in [0.1, 0.15) is 0 Å². The first kappa shape index (κ1) is 15.7. The zero-order chi connectivity index (χ0) is 15.4. The predicted molar refractivity (Wildman–Crippen MR) is 80.7 cm³/mol. The van der Waals surface area contributed by atoms with Gasteiger partial charge in [-0.1, -0.05) is 37.3 Å². The second-order valence-electron chi connectivity index (χ2n) is 5.98. The van der Waals surface area contributed by atoms with Crippen molar-refractivity contribution >= 4 is 11.8 Å². The van der Waals surface area contributed by atoms with E-state index in [0.29, 0.717) is 13.1 Å². The monoisotopic (exact) mass is 289 g/mol. The summed E-state index contributed by atoms with van der Waals surface area (Å²) in [5.41, 5.74) is 1.15. The van der Waals surface area contributed by atoms with Crippen LogP contribution in [0, 0.1) is 5.92 Å². The minimum absolute atomic E-state index is 0.0226. The second-order valence-corrected chi connectivity index (χ2v) is 5.98. The normalized spacial score (nSPS) is 22.8. The summed E-state index contributed by atoms with van der Waals surface area (Å²) in [6.07, 6.45) is 0.00257. The van der Waals surface area contributed by atoms with Gasteiger partial charge in [-0.05, 0) is 19.4 Å². The highest BCUT2D eigenvalue weighted by atomic mass is 16.5. The summed E-state index contributed by atoms with van der Waals surface area (Å²) in [4.78, 5) is 26.2. The molecule has 21 heavy (non-hydrogen) atoms. The quantitative estimate of drug-likeness (QED) is 0.781. The summed E-state index contributed by atoms with van der Waals surface area (Å²) in [6.45, 7) is 6.95. The number of ketones is 1. The van der Waals surface area contributed by atoms with E-state index in [2.05, 4.69) is 4.90 Å². The first-order valence-corrected chi connectivity index (χ1v) is 7.48. The van der Waals surface area contributed by atoms with E-state index < -0.39 is 0 Å². The molecule has 0 radical (unpaired) electrons. The summed E-state index contributed by atoms with van der Waals surface area (Å²) in [5, 5.41) is 0. The number of nitrogens with zero attached hydrogens (tertiary/aromatic N) is 1. The van der Waals surface area contributed by atoms with Crippen molar-refractivity contribution in [1.82, 2.24) is 4.90 Å². The molecule has 114 valence electrons. The maximum absolute atomic E-state index is 12.3. The van der Waals surface area contributed by atoms with Gasteiger partial charge in [-0.3, -0.25) is 14.5 Å². The number of carbonyl (C=O) groups excluding carboxylic acids is 2. The first-order chi connectivity index (χ1) is 9.97. The highest BCUT2D eigenvalue weighted by Gasteiger charge is 2.39. The van der Waals surface area contributed by atoms with Crippen molar-refractivity contribution < 1.29 is 14.3 Å². The number of likely N-dealkylation sites (tertiary alicyclic amines) is 1. The molecule has 0 amide bonds. The lowest BCUT2D eigenvalue weighted by molar-refractivity contribution is -0.150. The highest BCUT2D eigenvalue weighted by molar-refractivity contribution is 5.91. The molecule has 2 atom stereocenters. The number of ether oxygens (including phenoxy) is 1. The average Bonchev–Trinajstić information content (AvgIpc) is 2.67. The van der Waals surface area contributed by atoms with Crippen LogP contribution in [0.2, 0.25) is 0 Å². The maximum atomic E-state index is 12.3. The Bertz CT molecular complexity index is 498. The van der Waals surface area contributed by atoms with Crippen LogP contribution in [0.3, 0.4) is 0 Å². The Balaban J connectivity index is 2.04. The molecular weight excluding hydrogens is 266 g/mol. The van der Waals surface area contributed by atoms with Crippen LogP contribution < -0.4 is 0 Å². The summed E-state index contributed by atoms with van der Waals surface area (Å²) in [5.74, 6) is -0.173. The molecule has 1 saturated heterocycles. The molecule has 4 nitrogen and oxygen atoms in total. The number of Topliss-reactive ketones (excluding diaryl/α,β-unsaturated/α-hetero) is 1. The lowest BCUT2D eigenvalue weighted by atomic mass is 10.0. The van der Waals surface area contributed by atoms with Crippen molar-refractivity contribution in [3.05, 3.63) is 35.9 Å². The molecule has 1 aliphatic heterocycles. The number of hydrogen-bond donors (Lipinski definition) is 0. The lowest BCUT2D eigenvalue weighted by Gasteiger charge is -2.23. The van der Waals surface area contributed by atoms with Crippen molar-refractivity contribution in [1.29, 1.82) is 0 Å². The van der Waals surface area contributed by atoms with E-state index in [1.807, 2.05) is 51.1 Å². The van der Waals surface area contributed by atoms with Crippen molar-refractivity contribution in [3.8, 4) is 0 Å². The molecule has 1 heterocycles. The molecule has 1 aromatic rings. The SMILES string of the molecule is CC(C)OC(=O)C[C@H]1C(=O)C(C)CN1Cc1ccccc1. The van der Waals surface area contributed by atoms with Crippen LogP contribution in [0.25, 0.3) is 0 Å². The Kier molecular flexibility index (Phi) is 5.12. The molecule has 0 saturated carbocycles. The number of carbonyl (C=O) groups is 2. The third kappa shape index (κ3) is 4.14. The van der Waals surface area contributed by atoms with Crippen LogP contribution in [-0.2, 0) is 20.9 Å². The molecule has 0 aliphatic carbocycles. The van der Waals surface area contributed by atoms with Crippen LogP contribution in [0.4, 0.5) is 0 Å². The van der Waals surface area contributed by atoms with Gasteiger partial charge in [0, 0.05) is 19.0 Å². The number of benzene rings is 1. The summed E-state index contributed by atoms with van der Waals surface area (Å²) < 4.78 is 5.18. The molecular formula is C17H23NO3. The van der Waals surface area contributed by atoms with E-state index in [4.69, 9.17) is 4.74 Å². The lowest BCUT2D eigenvalue weighted by Crippen LogP contribution is -2.35. The maximum Gasteiger partial charge on any atom is 0.308 e. The zero-order valence-corrected chi connectivity index (χ0v) is 12.9. The molecule has 0 spiro atoms. The third-order valence-corrected chi connectivity index (χ3v) is 3.72. The van der Waals surface area contributed by atoms with E-state index >= 15 is 0 Å². The molecule has 0 aromatic heterocycles. The highest BCUT2D eigenvalue weighted by Crippen LogP contribution is 2.24. The average molecular weight is 289 g/mol. The standard InChI is InChI=1S/C17H23NO3/c1-12(2)21-16(19)9-15-17(20)13(3)10-18(15)11-14-7-5-4-6-8-14/h4-8,12-13,15H,9-11H2,1-3H3/t13?,15-/m0/s1. The first-order valence-electron chi connectivity index (χ1n) is 7.48. The minimum atomic E-state index is -0.355. The van der Waals surface area contributed by atoms with Crippen molar-refractivity contribution in [2.45, 2.75) is 45.9 Å². The van der Waals surface area contributed by atoms with E-state index in [1.165, 1.54) is 0 Å². The smallest absolute Gasteiger partial charge is 0.308 e. The van der Waals surface area contributed by atoms with Crippen LogP contribution in [0.1, 0.15) is 32.8 Å². The Morgan fingerprint density at radius 1 is 1.33 bits per heavy atom. The van der Waals surface area contributed by atoms with Gasteiger partial charge < -0.3 is 4.74 Å². The van der Waals surface area contributed by atoms with Gasteiger partial charge in [-0.2, -0.15) is 0 Å². The van der Waals surface area contributed by atoms with E-state index in [0.717, 1.165) is 5.56 Å². The van der Waals surface area contributed by atoms with Gasteiger partial charge in [-0.15, -0.1) is 0 Å². The molecule has 4 heteroatoms. The van der Waals surface area contributed by atoms with E-state index in [-0.39, 0.29) is 36.2 Å². The Labute approximate surface area is 126 Å². The molecule has 2 rings (SSSR count). The molecule has 1 aliphatic rings. The van der Waals surface area contributed by atoms with Gasteiger partial charge in [-0.25, -0.2) is 0 Å². The fraction of sp³-hybridized carbons (Fsp3) is 0.529. The Hall–Kier alpha value is -1.68. The topological polar surface area (TPSA) is 46.6 Å². The van der Waals surface area contributed by atoms with E-state index in [9.17, 15) is 9.59 Å². The fourth-order valence-corrected chi connectivity index (χ4v) is 2.77. The van der Waals surface area contributed by atoms with Gasteiger partial charge in [0.05, 0.1) is 18.6 Å². The third-order valence-electron chi connectivity index (χ3n) is 3.72. The van der Waals surface area contributed by atoms with Crippen LogP contribution >= 0.6 is 0 Å². The number of esters is 1. The number of hydrogen-bond acceptors (Lipinski definition) is 4. The fourth-order valence-electron chi connectivity index (χ4n) is 2.77. The second kappa shape index (κ2) is 6.85. The Morgan fingerprint density at radius 2 is 2.00 bits per heavy atom. The van der Waals surface area contributed by atoms with Crippen molar-refractivity contribution in [2.75, 3.05) is 6.54 Å². The van der Waals surface area contributed by atoms with Crippen LogP contribution in [0.5, 0.6) is 0 Å². The predicted octanol–water partition coefficient (Wildman–Crippen LogP) is 2.42. The zero-order valence-electron chi connectivity index (χ0n) is 12.9. The Morgan fingerprint density at radius 3 is 2.62 bits per heavy atom. The summed E-state index contributed by atoms with van der Waals surface area (Å²) in [6, 6.07) is 9.66. The molecule has 1 aromatic carbocycles. The van der Waals surface area contributed by atoms with Crippen molar-refractivity contribution in [2.24, 2.45) is 5.92 Å². The summed E-state index contributed by atoms with van der Waals surface area (Å²) >= 11 is 0. The van der Waals surface area contributed by atoms with Crippen molar-refractivity contribution in [3.63, 3.8) is 0 Å². The van der Waals surface area contributed by atoms with Gasteiger partial charge in [0.15, 0.2) is 5.78 Å². The molecule has 0 N–H and O–H groups in total. The molecule has 1 unspecified atom stereocenters. The van der Waals surface area contributed by atoms with E-state index in [1.54, 1.807) is 0 Å². The van der Waals surface area contributed by atoms with Crippen LogP contribution in [-0.4, -0.2) is 35.3 Å². The number of rotatable bonds is 5.